The number of unbranched alkanes of at least 4 members (excludes halogenated alkanes) is 2. The zero-order valence-electron chi connectivity index (χ0n) is 9.82. The summed E-state index contributed by atoms with van der Waals surface area (Å²) in [6.07, 6.45) is 3.67. The zero-order valence-corrected chi connectivity index (χ0v) is 10.6. The normalized spacial score (nSPS) is 9.81. The molecule has 86 valence electrons. The summed E-state index contributed by atoms with van der Waals surface area (Å²) in [6, 6.07) is 7.80. The van der Waals surface area contributed by atoms with E-state index in [-0.39, 0.29) is 0 Å². The summed E-state index contributed by atoms with van der Waals surface area (Å²) in [5, 5.41) is 8.98. The second kappa shape index (κ2) is 7.19. The van der Waals surface area contributed by atoms with Crippen molar-refractivity contribution in [2.24, 2.45) is 0 Å². The quantitative estimate of drug-likeness (QED) is 0.554. The lowest BCUT2D eigenvalue weighted by atomic mass is 10.2. The van der Waals surface area contributed by atoms with Gasteiger partial charge in [-0.15, -0.1) is 11.8 Å². The van der Waals surface area contributed by atoms with Crippen LogP contribution in [0.2, 0.25) is 0 Å². The zero-order chi connectivity index (χ0) is 11.8. The molecule has 0 spiro atoms. The van der Waals surface area contributed by atoms with Crippen LogP contribution in [-0.2, 0) is 0 Å². The molecule has 0 unspecified atom stereocenters. The summed E-state index contributed by atoms with van der Waals surface area (Å²) in [5.74, 6) is 1.88. The van der Waals surface area contributed by atoms with E-state index in [2.05, 4.69) is 13.0 Å². The van der Waals surface area contributed by atoms with Gasteiger partial charge in [-0.05, 0) is 30.4 Å². The van der Waals surface area contributed by atoms with Crippen molar-refractivity contribution < 1.29 is 4.74 Å². The van der Waals surface area contributed by atoms with Gasteiger partial charge in [-0.3, -0.25) is 0 Å². The molecule has 2 nitrogen and oxygen atoms in total. The second-order valence-electron chi connectivity index (χ2n) is 3.53. The van der Waals surface area contributed by atoms with Gasteiger partial charge in [0.05, 0.1) is 12.7 Å². The maximum absolute atomic E-state index is 8.98. The van der Waals surface area contributed by atoms with Crippen LogP contribution >= 0.6 is 11.8 Å². The average molecular weight is 235 g/mol. The molecule has 0 aliphatic rings. The Balaban J connectivity index is 2.65. The lowest BCUT2D eigenvalue weighted by Crippen LogP contribution is -1.88. The van der Waals surface area contributed by atoms with Gasteiger partial charge in [0, 0.05) is 4.90 Å². The van der Waals surface area contributed by atoms with E-state index in [1.165, 1.54) is 19.3 Å². The fourth-order valence-electron chi connectivity index (χ4n) is 1.38. The van der Waals surface area contributed by atoms with Gasteiger partial charge < -0.3 is 4.74 Å². The molecule has 0 bridgehead atoms. The molecule has 16 heavy (non-hydrogen) atoms. The number of thioether (sulfide) groups is 1. The molecule has 0 aliphatic heterocycles. The molecule has 0 amide bonds. The average Bonchev–Trinajstić information content (AvgIpc) is 2.34. The number of hydrogen-bond acceptors (Lipinski definition) is 3. The van der Waals surface area contributed by atoms with Crippen LogP contribution < -0.4 is 4.74 Å². The monoisotopic (exact) mass is 235 g/mol. The summed E-state index contributed by atoms with van der Waals surface area (Å²) >= 11 is 1.74. The summed E-state index contributed by atoms with van der Waals surface area (Å²) < 4.78 is 5.16. The van der Waals surface area contributed by atoms with Crippen molar-refractivity contribution in [1.29, 1.82) is 5.26 Å². The lowest BCUT2D eigenvalue weighted by molar-refractivity contribution is 0.413. The molecule has 0 aromatic heterocycles. The molecule has 0 N–H and O–H groups in total. The molecular weight excluding hydrogens is 218 g/mol. The Kier molecular flexibility index (Phi) is 5.81. The Morgan fingerprint density at radius 2 is 2.19 bits per heavy atom. The Labute approximate surface area is 102 Å². The van der Waals surface area contributed by atoms with E-state index in [0.29, 0.717) is 0 Å². The first-order valence-electron chi connectivity index (χ1n) is 5.52. The van der Waals surface area contributed by atoms with Crippen molar-refractivity contribution in [2.45, 2.75) is 31.1 Å². The SMILES string of the molecule is CCCCCSc1cc(OC)ccc1C#N. The number of hydrogen-bond donors (Lipinski definition) is 0. The molecule has 1 rings (SSSR count). The highest BCUT2D eigenvalue weighted by molar-refractivity contribution is 7.99. The van der Waals surface area contributed by atoms with Gasteiger partial charge in [-0.25, -0.2) is 0 Å². The van der Waals surface area contributed by atoms with Crippen LogP contribution in [0, 0.1) is 11.3 Å². The van der Waals surface area contributed by atoms with E-state index < -0.39 is 0 Å². The van der Waals surface area contributed by atoms with Crippen molar-refractivity contribution in [2.75, 3.05) is 12.9 Å². The first-order chi connectivity index (χ1) is 7.81. The molecular formula is C13H17NOS. The van der Waals surface area contributed by atoms with Crippen LogP contribution in [0.5, 0.6) is 5.75 Å². The van der Waals surface area contributed by atoms with E-state index in [0.717, 1.165) is 22.0 Å². The minimum absolute atomic E-state index is 0.738. The predicted octanol–water partition coefficient (Wildman–Crippen LogP) is 3.85. The topological polar surface area (TPSA) is 33.0 Å². The molecule has 0 fully saturated rings. The van der Waals surface area contributed by atoms with Crippen molar-refractivity contribution in [3.05, 3.63) is 23.8 Å². The van der Waals surface area contributed by atoms with Crippen molar-refractivity contribution in [3.8, 4) is 11.8 Å². The number of nitrogens with zero attached hydrogens (tertiary/aromatic N) is 1. The molecule has 1 aromatic rings. The molecule has 0 aliphatic carbocycles. The predicted molar refractivity (Wildman–Crippen MR) is 68.0 cm³/mol. The smallest absolute Gasteiger partial charge is 0.120 e. The summed E-state index contributed by atoms with van der Waals surface area (Å²) in [7, 11) is 1.65. The van der Waals surface area contributed by atoms with Gasteiger partial charge in [0.1, 0.15) is 11.8 Å². The van der Waals surface area contributed by atoms with Crippen LogP contribution in [0.3, 0.4) is 0 Å². The maximum atomic E-state index is 8.98. The highest BCUT2D eigenvalue weighted by atomic mass is 32.2. The minimum atomic E-state index is 0.738. The van der Waals surface area contributed by atoms with Crippen LogP contribution in [0.1, 0.15) is 31.7 Å². The highest BCUT2D eigenvalue weighted by Gasteiger charge is 2.04. The maximum Gasteiger partial charge on any atom is 0.120 e. The Morgan fingerprint density at radius 3 is 2.81 bits per heavy atom. The standard InChI is InChI=1S/C13H17NOS/c1-3-4-5-8-16-13-9-12(15-2)7-6-11(13)10-14/h6-7,9H,3-5,8H2,1-2H3. The fourth-order valence-corrected chi connectivity index (χ4v) is 2.41. The van der Waals surface area contributed by atoms with E-state index in [9.17, 15) is 0 Å². The first kappa shape index (κ1) is 12.9. The number of rotatable bonds is 6. The Morgan fingerprint density at radius 1 is 1.38 bits per heavy atom. The highest BCUT2D eigenvalue weighted by Crippen LogP contribution is 2.27. The number of ether oxygens (including phenoxy) is 1. The summed E-state index contributed by atoms with van der Waals surface area (Å²) in [6.45, 7) is 2.19. The number of benzene rings is 1. The van der Waals surface area contributed by atoms with Crippen LogP contribution in [0.15, 0.2) is 23.1 Å². The van der Waals surface area contributed by atoms with Gasteiger partial charge in [-0.1, -0.05) is 19.8 Å². The van der Waals surface area contributed by atoms with Gasteiger partial charge in [0.25, 0.3) is 0 Å². The van der Waals surface area contributed by atoms with Gasteiger partial charge >= 0.3 is 0 Å². The van der Waals surface area contributed by atoms with Crippen LogP contribution in [0.4, 0.5) is 0 Å². The molecule has 0 radical (unpaired) electrons. The number of nitriles is 1. The lowest BCUT2D eigenvalue weighted by Gasteiger charge is -2.06. The third-order valence-electron chi connectivity index (χ3n) is 2.31. The van der Waals surface area contributed by atoms with E-state index in [1.807, 2.05) is 18.2 Å². The van der Waals surface area contributed by atoms with Gasteiger partial charge in [0.2, 0.25) is 0 Å². The van der Waals surface area contributed by atoms with E-state index in [1.54, 1.807) is 18.9 Å². The van der Waals surface area contributed by atoms with Crippen molar-refractivity contribution in [1.82, 2.24) is 0 Å². The van der Waals surface area contributed by atoms with Gasteiger partial charge in [-0.2, -0.15) is 5.26 Å². The molecule has 3 heteroatoms. The van der Waals surface area contributed by atoms with Crippen LogP contribution in [-0.4, -0.2) is 12.9 Å². The van der Waals surface area contributed by atoms with Crippen molar-refractivity contribution in [3.63, 3.8) is 0 Å². The molecule has 0 atom stereocenters. The van der Waals surface area contributed by atoms with Gasteiger partial charge in [0.15, 0.2) is 0 Å². The largest absolute Gasteiger partial charge is 0.497 e. The summed E-state index contributed by atoms with van der Waals surface area (Å²) in [5.41, 5.74) is 0.738. The Hall–Kier alpha value is -1.14. The molecule has 0 saturated heterocycles. The van der Waals surface area contributed by atoms with Crippen molar-refractivity contribution >= 4 is 11.8 Å². The first-order valence-corrected chi connectivity index (χ1v) is 6.51. The molecule has 0 saturated carbocycles. The van der Waals surface area contributed by atoms with E-state index >= 15 is 0 Å². The second-order valence-corrected chi connectivity index (χ2v) is 4.67. The minimum Gasteiger partial charge on any atom is -0.497 e. The van der Waals surface area contributed by atoms with E-state index in [4.69, 9.17) is 10.00 Å². The van der Waals surface area contributed by atoms with Crippen LogP contribution in [0.25, 0.3) is 0 Å². The third-order valence-corrected chi connectivity index (χ3v) is 3.46. The Bertz CT molecular complexity index is 371. The fraction of sp³-hybridized carbons (Fsp3) is 0.462. The third kappa shape index (κ3) is 3.79. The molecule has 0 heterocycles. The molecule has 1 aromatic carbocycles. The summed E-state index contributed by atoms with van der Waals surface area (Å²) in [4.78, 5) is 1.03. The number of methoxy groups -OCH3 is 1.